The SMILES string of the molecule is O=S(=O)(Nc1cc(F)cc(Cl)c1O)c1ccc(Cl)c(Br)c1. The van der Waals surface area contributed by atoms with E-state index in [1.165, 1.54) is 18.2 Å². The fraction of sp³-hybridized carbons (Fsp3) is 0. The molecule has 0 saturated heterocycles. The third-order valence-electron chi connectivity index (χ3n) is 2.47. The number of aromatic hydroxyl groups is 1. The average Bonchev–Trinajstić information content (AvgIpc) is 2.38. The summed E-state index contributed by atoms with van der Waals surface area (Å²) >= 11 is 14.5. The lowest BCUT2D eigenvalue weighted by molar-refractivity contribution is 0.476. The minimum atomic E-state index is -4.03. The van der Waals surface area contributed by atoms with Crippen LogP contribution in [0.3, 0.4) is 0 Å². The second-order valence-electron chi connectivity index (χ2n) is 3.97. The van der Waals surface area contributed by atoms with Gasteiger partial charge in [0.15, 0.2) is 5.75 Å². The minimum Gasteiger partial charge on any atom is -0.504 e. The van der Waals surface area contributed by atoms with Gasteiger partial charge in [-0.15, -0.1) is 0 Å². The Bertz CT molecular complexity index is 814. The van der Waals surface area contributed by atoms with E-state index < -0.39 is 21.6 Å². The molecule has 0 aromatic heterocycles. The highest BCUT2D eigenvalue weighted by molar-refractivity contribution is 9.10. The number of hydrogen-bond acceptors (Lipinski definition) is 3. The van der Waals surface area contributed by atoms with E-state index in [1.54, 1.807) is 0 Å². The molecule has 0 aliphatic rings. The Morgan fingerprint density at radius 1 is 1.14 bits per heavy atom. The molecule has 2 rings (SSSR count). The largest absolute Gasteiger partial charge is 0.504 e. The number of sulfonamides is 1. The second kappa shape index (κ2) is 6.00. The lowest BCUT2D eigenvalue weighted by atomic mass is 10.3. The van der Waals surface area contributed by atoms with Gasteiger partial charge in [-0.25, -0.2) is 12.8 Å². The van der Waals surface area contributed by atoms with Crippen LogP contribution in [0.1, 0.15) is 0 Å². The van der Waals surface area contributed by atoms with E-state index in [9.17, 15) is 17.9 Å². The van der Waals surface area contributed by atoms with E-state index in [4.69, 9.17) is 23.2 Å². The molecule has 0 radical (unpaired) electrons. The van der Waals surface area contributed by atoms with Gasteiger partial charge in [0.1, 0.15) is 5.82 Å². The molecule has 0 bridgehead atoms. The first-order chi connectivity index (χ1) is 9.70. The molecule has 9 heteroatoms. The smallest absolute Gasteiger partial charge is 0.262 e. The third kappa shape index (κ3) is 3.60. The van der Waals surface area contributed by atoms with Gasteiger partial charge in [-0.2, -0.15) is 0 Å². The van der Waals surface area contributed by atoms with Crippen molar-refractivity contribution in [1.82, 2.24) is 0 Å². The van der Waals surface area contributed by atoms with Gasteiger partial charge in [0.25, 0.3) is 10.0 Å². The summed E-state index contributed by atoms with van der Waals surface area (Å²) < 4.78 is 40.1. The van der Waals surface area contributed by atoms with Crippen molar-refractivity contribution < 1.29 is 17.9 Å². The lowest BCUT2D eigenvalue weighted by Crippen LogP contribution is -2.13. The molecule has 2 N–H and O–H groups in total. The number of halogens is 4. The Balaban J connectivity index is 2.44. The van der Waals surface area contributed by atoms with Crippen LogP contribution in [0, 0.1) is 5.82 Å². The lowest BCUT2D eigenvalue weighted by Gasteiger charge is -2.11. The summed E-state index contributed by atoms with van der Waals surface area (Å²) in [6.07, 6.45) is 0. The van der Waals surface area contributed by atoms with Gasteiger partial charge in [-0.1, -0.05) is 23.2 Å². The highest BCUT2D eigenvalue weighted by atomic mass is 79.9. The Morgan fingerprint density at radius 3 is 2.43 bits per heavy atom. The van der Waals surface area contributed by atoms with Crippen LogP contribution in [0.4, 0.5) is 10.1 Å². The molecule has 0 fully saturated rings. The third-order valence-corrected chi connectivity index (χ3v) is 5.34. The summed E-state index contributed by atoms with van der Waals surface area (Å²) in [6.45, 7) is 0. The second-order valence-corrected chi connectivity index (χ2v) is 7.32. The van der Waals surface area contributed by atoms with Crippen LogP contribution in [-0.4, -0.2) is 13.5 Å². The molecule has 0 amide bonds. The molecule has 0 unspecified atom stereocenters. The van der Waals surface area contributed by atoms with Crippen molar-refractivity contribution >= 4 is 54.8 Å². The molecular weight excluding hydrogens is 408 g/mol. The van der Waals surface area contributed by atoms with E-state index in [0.29, 0.717) is 9.50 Å². The van der Waals surface area contributed by atoms with E-state index in [2.05, 4.69) is 20.7 Å². The Labute approximate surface area is 138 Å². The van der Waals surface area contributed by atoms with Gasteiger partial charge in [0.05, 0.1) is 20.6 Å². The molecule has 0 spiro atoms. The fourth-order valence-corrected chi connectivity index (χ4v) is 3.43. The molecule has 0 heterocycles. The summed E-state index contributed by atoms with van der Waals surface area (Å²) in [7, 11) is -4.03. The zero-order valence-corrected chi connectivity index (χ0v) is 14.0. The normalized spacial score (nSPS) is 11.4. The molecule has 0 aliphatic heterocycles. The van der Waals surface area contributed by atoms with E-state index in [1.807, 2.05) is 0 Å². The zero-order valence-electron chi connectivity index (χ0n) is 10.1. The predicted molar refractivity (Wildman–Crippen MR) is 83.0 cm³/mol. The molecule has 4 nitrogen and oxygen atoms in total. The van der Waals surface area contributed by atoms with Crippen molar-refractivity contribution in [1.29, 1.82) is 0 Å². The Kier molecular flexibility index (Phi) is 4.67. The summed E-state index contributed by atoms with van der Waals surface area (Å²) in [6, 6.07) is 5.63. The first-order valence-electron chi connectivity index (χ1n) is 5.36. The van der Waals surface area contributed by atoms with Gasteiger partial charge in [0.2, 0.25) is 0 Å². The van der Waals surface area contributed by atoms with Gasteiger partial charge in [0, 0.05) is 10.5 Å². The number of nitrogens with one attached hydrogen (secondary N) is 1. The quantitative estimate of drug-likeness (QED) is 0.731. The molecule has 112 valence electrons. The monoisotopic (exact) mass is 413 g/mol. The summed E-state index contributed by atoms with van der Waals surface area (Å²) in [5.74, 6) is -1.34. The van der Waals surface area contributed by atoms with Gasteiger partial charge < -0.3 is 5.11 Å². The molecule has 2 aromatic carbocycles. The molecule has 0 aliphatic carbocycles. The van der Waals surface area contributed by atoms with E-state index in [-0.39, 0.29) is 15.6 Å². The number of anilines is 1. The Hall–Kier alpha value is -1.02. The van der Waals surface area contributed by atoms with Crippen molar-refractivity contribution in [3.8, 4) is 5.75 Å². The maximum absolute atomic E-state index is 13.2. The van der Waals surface area contributed by atoms with Crippen LogP contribution < -0.4 is 4.72 Å². The van der Waals surface area contributed by atoms with Crippen LogP contribution in [0.5, 0.6) is 5.75 Å². The van der Waals surface area contributed by atoms with Crippen LogP contribution in [-0.2, 0) is 10.0 Å². The van der Waals surface area contributed by atoms with Crippen LogP contribution in [0.2, 0.25) is 10.0 Å². The number of phenolic OH excluding ortho intramolecular Hbond substituents is 1. The predicted octanol–water partition coefficient (Wildman–Crippen LogP) is 4.40. The van der Waals surface area contributed by atoms with Crippen LogP contribution in [0.15, 0.2) is 39.7 Å². The molecule has 2 aromatic rings. The molecular formula is C12H7BrCl2FNO3S. The fourth-order valence-electron chi connectivity index (χ4n) is 1.49. The summed E-state index contributed by atoms with van der Waals surface area (Å²) in [4.78, 5) is -0.112. The maximum atomic E-state index is 13.2. The first kappa shape index (κ1) is 16.4. The van der Waals surface area contributed by atoms with Gasteiger partial charge >= 0.3 is 0 Å². The number of rotatable bonds is 3. The molecule has 21 heavy (non-hydrogen) atoms. The average molecular weight is 415 g/mol. The Morgan fingerprint density at radius 2 is 1.81 bits per heavy atom. The number of hydrogen-bond donors (Lipinski definition) is 2. The van der Waals surface area contributed by atoms with Crippen molar-refractivity contribution in [3.05, 3.63) is 50.7 Å². The van der Waals surface area contributed by atoms with Crippen molar-refractivity contribution in [2.75, 3.05) is 4.72 Å². The standard InChI is InChI=1S/C12H7BrCl2FNO3S/c13-8-5-7(1-2-9(8)14)21(19,20)17-11-4-6(16)3-10(15)12(11)18/h1-5,17-18H. The van der Waals surface area contributed by atoms with Gasteiger partial charge in [-0.05, 0) is 40.2 Å². The zero-order chi connectivity index (χ0) is 15.8. The maximum Gasteiger partial charge on any atom is 0.262 e. The summed E-state index contributed by atoms with van der Waals surface area (Å²) in [5, 5.41) is 9.71. The summed E-state index contributed by atoms with van der Waals surface area (Å²) in [5.41, 5.74) is -0.355. The highest BCUT2D eigenvalue weighted by Crippen LogP contribution is 2.34. The molecule has 0 saturated carbocycles. The van der Waals surface area contributed by atoms with Crippen LogP contribution >= 0.6 is 39.1 Å². The van der Waals surface area contributed by atoms with Crippen molar-refractivity contribution in [2.45, 2.75) is 4.90 Å². The van der Waals surface area contributed by atoms with E-state index >= 15 is 0 Å². The first-order valence-corrected chi connectivity index (χ1v) is 8.40. The molecule has 0 atom stereocenters. The topological polar surface area (TPSA) is 66.4 Å². The van der Waals surface area contributed by atoms with Crippen molar-refractivity contribution in [2.24, 2.45) is 0 Å². The van der Waals surface area contributed by atoms with Crippen LogP contribution in [0.25, 0.3) is 0 Å². The highest BCUT2D eigenvalue weighted by Gasteiger charge is 2.19. The van der Waals surface area contributed by atoms with E-state index in [0.717, 1.165) is 12.1 Å². The number of phenols is 1. The van der Waals surface area contributed by atoms with Gasteiger partial charge in [-0.3, -0.25) is 4.72 Å². The number of benzene rings is 2. The minimum absolute atomic E-state index is 0.112. The van der Waals surface area contributed by atoms with Crippen molar-refractivity contribution in [3.63, 3.8) is 0 Å².